The average molecular weight is 441 g/mol. The molecule has 3 aliphatic rings. The number of aliphatic hydroxyl groups excluding tert-OH is 2. The molecule has 0 aromatic heterocycles. The van der Waals surface area contributed by atoms with Crippen molar-refractivity contribution in [1.29, 1.82) is 0 Å². The summed E-state index contributed by atoms with van der Waals surface area (Å²) in [5, 5.41) is 31.5. The minimum atomic E-state index is -1.14. The highest BCUT2D eigenvalue weighted by atomic mass is 16.5. The van der Waals surface area contributed by atoms with Crippen LogP contribution in [0.15, 0.2) is 34.8 Å². The van der Waals surface area contributed by atoms with E-state index < -0.39 is 58.3 Å². The van der Waals surface area contributed by atoms with Gasteiger partial charge in [-0.3, -0.25) is 19.2 Å². The molecule has 3 unspecified atom stereocenters. The summed E-state index contributed by atoms with van der Waals surface area (Å²) in [6.45, 7) is 0. The van der Waals surface area contributed by atoms with Gasteiger partial charge in [-0.15, -0.1) is 0 Å². The van der Waals surface area contributed by atoms with Gasteiger partial charge < -0.3 is 25.8 Å². The molecule has 0 aliphatic heterocycles. The first kappa shape index (κ1) is 21.6. The number of ketones is 2. The number of Topliss-reactive ketones (excluding diaryl/α,β-unsaturated/α-hetero) is 2. The third kappa shape index (κ3) is 3.24. The maximum Gasteiger partial charge on any atom is 0.305 e. The molecule has 0 saturated carbocycles. The van der Waals surface area contributed by atoms with Crippen molar-refractivity contribution in [2.75, 3.05) is 7.11 Å². The zero-order valence-corrected chi connectivity index (χ0v) is 17.4. The highest BCUT2D eigenvalue weighted by Gasteiger charge is 2.50. The Kier molecular flexibility index (Phi) is 5.28. The second kappa shape index (κ2) is 7.81. The summed E-state index contributed by atoms with van der Waals surface area (Å²) < 4.78 is 4.68. The fourth-order valence-corrected chi connectivity index (χ4v) is 5.28. The van der Waals surface area contributed by atoms with Crippen molar-refractivity contribution in [3.8, 4) is 5.75 Å². The number of carbonyl (C=O) groups is 4. The van der Waals surface area contributed by atoms with Gasteiger partial charge in [-0.1, -0.05) is 6.07 Å². The summed E-state index contributed by atoms with van der Waals surface area (Å²) in [6, 6.07) is 3.02. The number of aliphatic hydroxyl groups is 2. The van der Waals surface area contributed by atoms with Gasteiger partial charge >= 0.3 is 5.97 Å². The van der Waals surface area contributed by atoms with Gasteiger partial charge in [0, 0.05) is 18.4 Å². The monoisotopic (exact) mass is 441 g/mol. The summed E-state index contributed by atoms with van der Waals surface area (Å²) in [7, 11) is 1.29. The van der Waals surface area contributed by atoms with Crippen LogP contribution in [-0.2, 0) is 32.0 Å². The molecule has 1 aromatic rings. The molecule has 4 rings (SSSR count). The van der Waals surface area contributed by atoms with E-state index in [-0.39, 0.29) is 29.7 Å². The number of nitrogens with two attached hydrogens (primary N) is 1. The first-order valence-electron chi connectivity index (χ1n) is 10.3. The van der Waals surface area contributed by atoms with E-state index in [2.05, 4.69) is 4.74 Å². The first-order chi connectivity index (χ1) is 15.1. The van der Waals surface area contributed by atoms with Crippen LogP contribution in [0, 0.1) is 17.8 Å². The van der Waals surface area contributed by atoms with Gasteiger partial charge in [0.2, 0.25) is 0 Å². The average Bonchev–Trinajstić information content (AvgIpc) is 2.71. The lowest BCUT2D eigenvalue weighted by molar-refractivity contribution is -0.140. The Labute approximate surface area is 183 Å². The molecule has 3 atom stereocenters. The number of amides is 1. The van der Waals surface area contributed by atoms with Gasteiger partial charge in [-0.2, -0.15) is 0 Å². The molecule has 9 nitrogen and oxygen atoms in total. The molecule has 5 N–H and O–H groups in total. The standard InChI is InChI=1S/C23H23NO8/c1-32-15(27)5-3-9-2-4-13(25)18-12(9)7-10-6-11-8-14(26)19(23(24)31)22(30)17(11)20(28)16(10)21(18)29/h2,4,10-11,17,25-26,28H,3,5-8H2,1H3,(H2,24,31). The van der Waals surface area contributed by atoms with Crippen molar-refractivity contribution in [3.63, 3.8) is 0 Å². The number of hydrogen-bond donors (Lipinski definition) is 4. The lowest BCUT2D eigenvalue weighted by Gasteiger charge is -2.41. The Morgan fingerprint density at radius 2 is 1.88 bits per heavy atom. The second-order valence-corrected chi connectivity index (χ2v) is 8.43. The van der Waals surface area contributed by atoms with Crippen LogP contribution in [0.3, 0.4) is 0 Å². The zero-order valence-electron chi connectivity index (χ0n) is 17.4. The van der Waals surface area contributed by atoms with Crippen molar-refractivity contribution in [2.45, 2.75) is 32.1 Å². The van der Waals surface area contributed by atoms with Crippen LogP contribution in [0.4, 0.5) is 0 Å². The van der Waals surface area contributed by atoms with E-state index in [0.29, 0.717) is 24.8 Å². The lowest BCUT2D eigenvalue weighted by Crippen LogP contribution is -2.43. The summed E-state index contributed by atoms with van der Waals surface area (Å²) >= 11 is 0. The van der Waals surface area contributed by atoms with Crippen LogP contribution in [0.25, 0.3) is 0 Å². The predicted molar refractivity (Wildman–Crippen MR) is 110 cm³/mol. The molecule has 1 amide bonds. The summed E-state index contributed by atoms with van der Waals surface area (Å²) in [5.41, 5.74) is 6.07. The van der Waals surface area contributed by atoms with Gasteiger partial charge in [0.1, 0.15) is 22.8 Å². The van der Waals surface area contributed by atoms with Gasteiger partial charge in [0.25, 0.3) is 5.91 Å². The number of esters is 1. The number of fused-ring (bicyclic) bond motifs is 3. The molecule has 0 radical (unpaired) electrons. The zero-order chi connectivity index (χ0) is 23.3. The van der Waals surface area contributed by atoms with Crippen molar-refractivity contribution < 1.29 is 39.2 Å². The fraction of sp³-hybridized carbons (Fsp3) is 0.391. The van der Waals surface area contributed by atoms with E-state index in [9.17, 15) is 34.5 Å². The van der Waals surface area contributed by atoms with Crippen LogP contribution in [0.5, 0.6) is 5.75 Å². The van der Waals surface area contributed by atoms with Crippen molar-refractivity contribution in [1.82, 2.24) is 0 Å². The largest absolute Gasteiger partial charge is 0.511 e. The van der Waals surface area contributed by atoms with Gasteiger partial charge in [0.05, 0.1) is 18.6 Å². The van der Waals surface area contributed by atoms with Gasteiger partial charge in [-0.25, -0.2) is 0 Å². The number of rotatable bonds is 4. The lowest BCUT2D eigenvalue weighted by atomic mass is 9.62. The minimum Gasteiger partial charge on any atom is -0.511 e. The number of primary amides is 1. The van der Waals surface area contributed by atoms with Crippen molar-refractivity contribution >= 4 is 23.4 Å². The van der Waals surface area contributed by atoms with Gasteiger partial charge in [0.15, 0.2) is 11.6 Å². The normalized spacial score (nSPS) is 24.6. The van der Waals surface area contributed by atoms with Crippen LogP contribution >= 0.6 is 0 Å². The third-order valence-electron chi connectivity index (χ3n) is 6.69. The van der Waals surface area contributed by atoms with Crippen molar-refractivity contribution in [2.24, 2.45) is 23.5 Å². The quantitative estimate of drug-likeness (QED) is 0.404. The highest BCUT2D eigenvalue weighted by molar-refractivity contribution is 6.22. The number of phenols is 1. The Balaban J connectivity index is 1.77. The van der Waals surface area contributed by atoms with E-state index in [1.807, 2.05) is 0 Å². The molecule has 0 fully saturated rings. The Hall–Kier alpha value is -3.62. The maximum absolute atomic E-state index is 13.4. The second-order valence-electron chi connectivity index (χ2n) is 8.43. The maximum atomic E-state index is 13.4. The van der Waals surface area contributed by atoms with Gasteiger partial charge in [-0.05, 0) is 48.3 Å². The van der Waals surface area contributed by atoms with E-state index in [4.69, 9.17) is 5.73 Å². The predicted octanol–water partition coefficient (Wildman–Crippen LogP) is 1.57. The summed E-state index contributed by atoms with van der Waals surface area (Å²) in [6.07, 6.45) is 1.04. The topological polar surface area (TPSA) is 164 Å². The third-order valence-corrected chi connectivity index (χ3v) is 6.69. The smallest absolute Gasteiger partial charge is 0.305 e. The number of phenolic OH excluding ortho intramolecular Hbond substituents is 1. The summed E-state index contributed by atoms with van der Waals surface area (Å²) in [4.78, 5) is 49.4. The molecule has 0 heterocycles. The molecule has 1 aromatic carbocycles. The molecule has 0 saturated heterocycles. The first-order valence-corrected chi connectivity index (χ1v) is 10.3. The van der Waals surface area contributed by atoms with E-state index in [1.165, 1.54) is 13.2 Å². The summed E-state index contributed by atoms with van der Waals surface area (Å²) in [5.74, 6) is -6.04. The Morgan fingerprint density at radius 3 is 2.53 bits per heavy atom. The SMILES string of the molecule is COC(=O)CCc1ccc(O)c2c1CC1CC3CC(O)=C(C(N)=O)C(=O)C3C(O)=C1C2=O. The molecule has 3 aliphatic carbocycles. The molecule has 168 valence electrons. The van der Waals surface area contributed by atoms with E-state index in [1.54, 1.807) is 6.07 Å². The number of methoxy groups -OCH3 is 1. The molecule has 9 heteroatoms. The van der Waals surface area contributed by atoms with Crippen LogP contribution in [0.2, 0.25) is 0 Å². The van der Waals surface area contributed by atoms with Crippen LogP contribution in [0.1, 0.15) is 40.7 Å². The van der Waals surface area contributed by atoms with Crippen molar-refractivity contribution in [3.05, 3.63) is 51.5 Å². The number of allylic oxidation sites excluding steroid dienone is 3. The number of aromatic hydroxyl groups is 1. The highest BCUT2D eigenvalue weighted by Crippen LogP contribution is 2.49. The van der Waals surface area contributed by atoms with E-state index in [0.717, 1.165) is 5.56 Å². The molecule has 32 heavy (non-hydrogen) atoms. The molecule has 0 bridgehead atoms. The Morgan fingerprint density at radius 1 is 1.16 bits per heavy atom. The number of aryl methyl sites for hydroxylation is 1. The number of carbonyl (C=O) groups excluding carboxylic acids is 4. The van der Waals surface area contributed by atoms with Crippen LogP contribution in [-0.4, -0.2) is 45.9 Å². The fourth-order valence-electron chi connectivity index (χ4n) is 5.28. The van der Waals surface area contributed by atoms with Crippen LogP contribution < -0.4 is 5.73 Å². The minimum absolute atomic E-state index is 0.0151. The number of ether oxygens (including phenoxy) is 1. The molecular weight excluding hydrogens is 418 g/mol. The molecule has 0 spiro atoms. The molecular formula is C23H23NO8. The number of benzene rings is 1. The number of hydrogen-bond acceptors (Lipinski definition) is 8. The van der Waals surface area contributed by atoms with E-state index >= 15 is 0 Å². The Bertz CT molecular complexity index is 1130.